The van der Waals surface area contributed by atoms with Gasteiger partial charge in [-0.2, -0.15) is 0 Å². The number of aromatic hydroxyl groups is 1. The summed E-state index contributed by atoms with van der Waals surface area (Å²) in [6, 6.07) is 9.24. The number of phenolic OH excluding ortho intramolecular Hbond substituents is 1. The minimum Gasteiger partial charge on any atom is -0.508 e. The lowest BCUT2D eigenvalue weighted by Crippen LogP contribution is -2.29. The van der Waals surface area contributed by atoms with Crippen LogP contribution >= 0.6 is 0 Å². The Balaban J connectivity index is 1.71. The second kappa shape index (κ2) is 7.58. The van der Waals surface area contributed by atoms with Gasteiger partial charge in [-0.25, -0.2) is 4.79 Å². The number of ether oxygens (including phenoxy) is 1. The van der Waals surface area contributed by atoms with E-state index in [1.54, 1.807) is 6.07 Å². The summed E-state index contributed by atoms with van der Waals surface area (Å²) in [5.41, 5.74) is 2.81. The van der Waals surface area contributed by atoms with E-state index in [2.05, 4.69) is 17.5 Å². The number of nitro benzene ring substituents is 1. The summed E-state index contributed by atoms with van der Waals surface area (Å²) in [6.07, 6.45) is 5.72. The fraction of sp³-hybridized carbons (Fsp3) is 0.318. The molecule has 4 rings (SSSR count). The Morgan fingerprint density at radius 1 is 1.28 bits per heavy atom. The van der Waals surface area contributed by atoms with Gasteiger partial charge in [0.15, 0.2) is 0 Å². The molecular weight excluding hydrogens is 372 g/mol. The molecule has 0 radical (unpaired) electrons. The molecule has 2 N–H and O–H groups in total. The molecule has 1 aliphatic carbocycles. The van der Waals surface area contributed by atoms with Crippen molar-refractivity contribution >= 4 is 17.3 Å². The van der Waals surface area contributed by atoms with Gasteiger partial charge in [0.05, 0.1) is 23.1 Å². The van der Waals surface area contributed by atoms with E-state index in [0.29, 0.717) is 17.7 Å². The summed E-state index contributed by atoms with van der Waals surface area (Å²) in [4.78, 5) is 23.0. The Morgan fingerprint density at radius 3 is 2.86 bits per heavy atom. The molecule has 0 fully saturated rings. The molecule has 2 aromatic carbocycles. The van der Waals surface area contributed by atoms with E-state index in [4.69, 9.17) is 4.74 Å². The Bertz CT molecular complexity index is 1000. The van der Waals surface area contributed by atoms with Gasteiger partial charge in [-0.15, -0.1) is 0 Å². The van der Waals surface area contributed by atoms with E-state index < -0.39 is 4.92 Å². The molecule has 0 saturated heterocycles. The number of nitro groups is 1. The number of non-ortho nitro benzene ring substituents is 1. The highest BCUT2D eigenvalue weighted by Crippen LogP contribution is 2.51. The van der Waals surface area contributed by atoms with E-state index >= 15 is 0 Å². The number of esters is 1. The first-order valence-electron chi connectivity index (χ1n) is 9.71. The number of fused-ring (bicyclic) bond motifs is 3. The zero-order valence-electron chi connectivity index (χ0n) is 16.0. The molecule has 0 aromatic heterocycles. The molecule has 7 nitrogen and oxygen atoms in total. The van der Waals surface area contributed by atoms with Gasteiger partial charge in [0.1, 0.15) is 5.75 Å². The number of carbonyl (C=O) groups is 1. The van der Waals surface area contributed by atoms with Crippen LogP contribution in [0.2, 0.25) is 0 Å². The summed E-state index contributed by atoms with van der Waals surface area (Å²) in [7, 11) is 0. The number of anilines is 1. The van der Waals surface area contributed by atoms with E-state index in [0.717, 1.165) is 24.1 Å². The molecule has 2 aliphatic rings. The van der Waals surface area contributed by atoms with Crippen LogP contribution in [0.3, 0.4) is 0 Å². The summed E-state index contributed by atoms with van der Waals surface area (Å²) < 4.78 is 5.25. The van der Waals surface area contributed by atoms with Crippen molar-refractivity contribution < 1.29 is 19.6 Å². The Morgan fingerprint density at radius 2 is 2.10 bits per heavy atom. The first-order chi connectivity index (χ1) is 14.0. The van der Waals surface area contributed by atoms with Crippen LogP contribution in [0.4, 0.5) is 11.4 Å². The third-order valence-electron chi connectivity index (χ3n) is 5.59. The molecular formula is C22H22N2O5. The van der Waals surface area contributed by atoms with Gasteiger partial charge in [0, 0.05) is 29.3 Å². The Labute approximate surface area is 168 Å². The number of nitrogens with zero attached hydrogens (tertiary/aromatic N) is 1. The standard InChI is InChI=1S/C22H22N2O5/c1-2-10-29-22(26)13-6-8-19-17(11-13)15-4-3-5-16(15)21(23-19)18-12-14(24(27)28)7-9-20(18)25/h3-4,6-9,11-12,15-16,21,23,25H,2,5,10H2,1H3. The molecule has 1 heterocycles. The number of rotatable bonds is 5. The van der Waals surface area contributed by atoms with Gasteiger partial charge in [-0.1, -0.05) is 19.1 Å². The number of allylic oxidation sites excluding steroid dienone is 2. The highest BCUT2D eigenvalue weighted by molar-refractivity contribution is 5.90. The molecule has 3 atom stereocenters. The molecule has 150 valence electrons. The van der Waals surface area contributed by atoms with Gasteiger partial charge in [0.2, 0.25) is 0 Å². The average molecular weight is 394 g/mol. The lowest BCUT2D eigenvalue weighted by Gasteiger charge is -2.37. The molecule has 1 aliphatic heterocycles. The quantitative estimate of drug-likeness (QED) is 0.330. The van der Waals surface area contributed by atoms with Crippen LogP contribution < -0.4 is 5.32 Å². The summed E-state index contributed by atoms with van der Waals surface area (Å²) in [5, 5.41) is 25.0. The van der Waals surface area contributed by atoms with Crippen LogP contribution in [0.25, 0.3) is 0 Å². The minimum atomic E-state index is -0.460. The molecule has 29 heavy (non-hydrogen) atoms. The maximum atomic E-state index is 12.3. The first kappa shape index (κ1) is 19.0. The molecule has 0 spiro atoms. The topological polar surface area (TPSA) is 102 Å². The molecule has 3 unspecified atom stereocenters. The monoisotopic (exact) mass is 394 g/mol. The van der Waals surface area contributed by atoms with Crippen molar-refractivity contribution in [3.63, 3.8) is 0 Å². The van der Waals surface area contributed by atoms with Crippen LogP contribution in [0.15, 0.2) is 48.6 Å². The van der Waals surface area contributed by atoms with Gasteiger partial charge in [-0.3, -0.25) is 10.1 Å². The highest BCUT2D eigenvalue weighted by atomic mass is 16.6. The predicted molar refractivity (Wildman–Crippen MR) is 108 cm³/mol. The van der Waals surface area contributed by atoms with Gasteiger partial charge in [0.25, 0.3) is 5.69 Å². The molecule has 7 heteroatoms. The molecule has 0 saturated carbocycles. The van der Waals surface area contributed by atoms with Crippen molar-refractivity contribution in [2.24, 2.45) is 5.92 Å². The zero-order valence-corrected chi connectivity index (χ0v) is 16.0. The largest absolute Gasteiger partial charge is 0.508 e. The van der Waals surface area contributed by atoms with Crippen LogP contribution in [0.5, 0.6) is 5.75 Å². The van der Waals surface area contributed by atoms with Crippen molar-refractivity contribution in [2.75, 3.05) is 11.9 Å². The van der Waals surface area contributed by atoms with Crippen LogP contribution in [-0.4, -0.2) is 22.6 Å². The van der Waals surface area contributed by atoms with Crippen molar-refractivity contribution in [1.82, 2.24) is 0 Å². The number of hydrogen-bond acceptors (Lipinski definition) is 6. The van der Waals surface area contributed by atoms with Gasteiger partial charge in [-0.05, 0) is 48.6 Å². The summed E-state index contributed by atoms with van der Waals surface area (Å²) in [5.74, 6) is -0.181. The third-order valence-corrected chi connectivity index (χ3v) is 5.59. The predicted octanol–water partition coefficient (Wildman–Crippen LogP) is 4.69. The number of benzene rings is 2. The average Bonchev–Trinajstić information content (AvgIpc) is 3.21. The smallest absolute Gasteiger partial charge is 0.338 e. The van der Waals surface area contributed by atoms with E-state index in [1.807, 2.05) is 19.1 Å². The number of carbonyl (C=O) groups excluding carboxylic acids is 1. The fourth-order valence-electron chi connectivity index (χ4n) is 4.21. The maximum absolute atomic E-state index is 12.3. The number of phenols is 1. The van der Waals surface area contributed by atoms with Crippen molar-refractivity contribution in [1.29, 1.82) is 0 Å². The molecule has 2 aromatic rings. The van der Waals surface area contributed by atoms with Crippen molar-refractivity contribution in [3.05, 3.63) is 75.4 Å². The lowest BCUT2D eigenvalue weighted by molar-refractivity contribution is -0.385. The van der Waals surface area contributed by atoms with Crippen LogP contribution in [0.1, 0.15) is 53.2 Å². The Kier molecular flexibility index (Phi) is 4.96. The van der Waals surface area contributed by atoms with E-state index in [-0.39, 0.29) is 35.3 Å². The lowest BCUT2D eigenvalue weighted by atomic mass is 9.76. The fourth-order valence-corrected chi connectivity index (χ4v) is 4.21. The third kappa shape index (κ3) is 3.44. The first-order valence-corrected chi connectivity index (χ1v) is 9.71. The second-order valence-corrected chi connectivity index (χ2v) is 7.41. The normalized spacial score (nSPS) is 21.8. The SMILES string of the molecule is CCCOC(=O)c1ccc2c(c1)C1C=CCC1C(c1cc([N+](=O)[O-])ccc1O)N2. The van der Waals surface area contributed by atoms with Crippen LogP contribution in [-0.2, 0) is 4.74 Å². The molecule has 0 amide bonds. The van der Waals surface area contributed by atoms with Gasteiger partial charge >= 0.3 is 5.97 Å². The van der Waals surface area contributed by atoms with E-state index in [1.165, 1.54) is 18.2 Å². The molecule has 0 bridgehead atoms. The Hall–Kier alpha value is -3.35. The minimum absolute atomic E-state index is 0.0296. The number of nitrogens with one attached hydrogen (secondary N) is 1. The number of hydrogen-bond donors (Lipinski definition) is 2. The maximum Gasteiger partial charge on any atom is 0.338 e. The summed E-state index contributed by atoms with van der Waals surface area (Å²) >= 11 is 0. The highest BCUT2D eigenvalue weighted by Gasteiger charge is 2.39. The second-order valence-electron chi connectivity index (χ2n) is 7.41. The summed E-state index contributed by atoms with van der Waals surface area (Å²) in [6.45, 7) is 2.33. The zero-order chi connectivity index (χ0) is 20.5. The van der Waals surface area contributed by atoms with Crippen molar-refractivity contribution in [2.45, 2.75) is 31.7 Å². The van der Waals surface area contributed by atoms with Gasteiger partial charge < -0.3 is 15.2 Å². The van der Waals surface area contributed by atoms with Crippen LogP contribution in [0, 0.1) is 16.0 Å². The van der Waals surface area contributed by atoms with Crippen molar-refractivity contribution in [3.8, 4) is 5.75 Å². The van der Waals surface area contributed by atoms with E-state index in [9.17, 15) is 20.0 Å².